The summed E-state index contributed by atoms with van der Waals surface area (Å²) in [4.78, 5) is 0. The van der Waals surface area contributed by atoms with Gasteiger partial charge in [0.15, 0.2) is 0 Å². The van der Waals surface area contributed by atoms with Crippen molar-refractivity contribution >= 4 is 24.8 Å². The standard InChI is InChI=1S/C5H5.C2H5.5CH3.2ClH.Zr/c1-2-4-5-3-1;1-2;;;;;;;;/h1-3H,4H2;1H2,2H3;5*1H3;2*1H;/q7*-1;;;. The van der Waals surface area contributed by atoms with Crippen LogP contribution >= 0.6 is 24.8 Å². The molecule has 0 aromatic rings. The Balaban J connectivity index is -0.00000000495. The fraction of sp³-hybridized carbons (Fsp3) is 0.167. The second-order valence-corrected chi connectivity index (χ2v) is 1.00. The summed E-state index contributed by atoms with van der Waals surface area (Å²) in [6.07, 6.45) is 10.0. The van der Waals surface area contributed by atoms with Gasteiger partial charge in [0.05, 0.1) is 0 Å². The summed E-state index contributed by atoms with van der Waals surface area (Å²) >= 11 is 0. The molecule has 0 heterocycles. The van der Waals surface area contributed by atoms with Crippen LogP contribution in [-0.2, 0) is 26.2 Å². The number of hydrogen-bond donors (Lipinski definition) is 0. The minimum atomic E-state index is 0. The van der Waals surface area contributed by atoms with Gasteiger partial charge in [-0.1, -0.05) is 0 Å². The summed E-state index contributed by atoms with van der Waals surface area (Å²) < 4.78 is 0. The van der Waals surface area contributed by atoms with Crippen molar-refractivity contribution in [1.82, 2.24) is 0 Å². The average molecular weight is 333 g/mol. The van der Waals surface area contributed by atoms with E-state index in [2.05, 4.69) is 19.1 Å². The second kappa shape index (κ2) is 82.2. The summed E-state index contributed by atoms with van der Waals surface area (Å²) in [5.74, 6) is 0. The zero-order valence-electron chi connectivity index (χ0n) is 11.0. The van der Waals surface area contributed by atoms with Gasteiger partial charge in [0.2, 0.25) is 0 Å². The predicted octanol–water partition coefficient (Wildman–Crippen LogP) is 5.24. The fourth-order valence-corrected chi connectivity index (χ4v) is 0.340. The zero-order chi connectivity index (χ0) is 5.54. The normalized spacial score (nSPS) is 6.27. The summed E-state index contributed by atoms with van der Waals surface area (Å²) in [7, 11) is 0. The molecule has 0 saturated carbocycles. The van der Waals surface area contributed by atoms with E-state index in [1.807, 2.05) is 12.2 Å². The van der Waals surface area contributed by atoms with Gasteiger partial charge in [-0.2, -0.15) is 13.0 Å². The molecule has 15 heavy (non-hydrogen) atoms. The smallest absolute Gasteiger partial charge is 0 e. The van der Waals surface area contributed by atoms with Gasteiger partial charge >= 0.3 is 0 Å². The first-order valence-corrected chi connectivity index (χ1v) is 2.42. The molecule has 1 rings (SSSR count). The van der Waals surface area contributed by atoms with Crippen molar-refractivity contribution in [1.29, 1.82) is 0 Å². The molecular formula is C12H27Cl2Zr-7. The maximum absolute atomic E-state index is 3.25. The second-order valence-electron chi connectivity index (χ2n) is 1.00. The largest absolute Gasteiger partial charge is 0.358 e. The Kier molecular flexibility index (Phi) is 405. The van der Waals surface area contributed by atoms with Crippen LogP contribution in [0.3, 0.4) is 0 Å². The fourth-order valence-electron chi connectivity index (χ4n) is 0.340. The van der Waals surface area contributed by atoms with Crippen LogP contribution in [0.2, 0.25) is 0 Å². The molecule has 1 aliphatic carbocycles. The Morgan fingerprint density at radius 1 is 0.933 bits per heavy atom. The first kappa shape index (κ1) is 73.8. The molecule has 0 atom stereocenters. The third kappa shape index (κ3) is 70.9. The van der Waals surface area contributed by atoms with Crippen molar-refractivity contribution in [2.45, 2.75) is 13.3 Å². The third-order valence-electron chi connectivity index (χ3n) is 0.586. The van der Waals surface area contributed by atoms with Gasteiger partial charge in [0.25, 0.3) is 0 Å². The van der Waals surface area contributed by atoms with E-state index in [4.69, 9.17) is 0 Å². The van der Waals surface area contributed by atoms with Crippen molar-refractivity contribution in [2.24, 2.45) is 0 Å². The van der Waals surface area contributed by atoms with Crippen LogP contribution < -0.4 is 0 Å². The van der Waals surface area contributed by atoms with E-state index in [9.17, 15) is 0 Å². The molecule has 3 heteroatoms. The van der Waals surface area contributed by atoms with Crippen molar-refractivity contribution in [2.75, 3.05) is 0 Å². The van der Waals surface area contributed by atoms with Gasteiger partial charge in [-0.05, 0) is 0 Å². The Bertz CT molecular complexity index is 71.7. The molecule has 0 amide bonds. The van der Waals surface area contributed by atoms with Crippen molar-refractivity contribution in [3.8, 4) is 0 Å². The average Bonchev–Trinajstić information content (AvgIpc) is 2.23. The van der Waals surface area contributed by atoms with Crippen LogP contribution in [0.4, 0.5) is 0 Å². The minimum Gasteiger partial charge on any atom is -0.358 e. The van der Waals surface area contributed by atoms with Crippen molar-refractivity contribution < 1.29 is 26.2 Å². The quantitative estimate of drug-likeness (QED) is 0.532. The molecule has 1 aliphatic rings. The van der Waals surface area contributed by atoms with Gasteiger partial charge in [-0.3, -0.25) is 6.08 Å². The molecule has 0 unspecified atom stereocenters. The predicted molar refractivity (Wildman–Crippen MR) is 79.2 cm³/mol. The van der Waals surface area contributed by atoms with E-state index in [1.165, 1.54) is 0 Å². The van der Waals surface area contributed by atoms with E-state index < -0.39 is 0 Å². The minimum absolute atomic E-state index is 0. The number of allylic oxidation sites excluding steroid dienone is 4. The van der Waals surface area contributed by atoms with Crippen molar-refractivity contribution in [3.05, 3.63) is 68.4 Å². The van der Waals surface area contributed by atoms with E-state index in [0.717, 1.165) is 6.42 Å². The molecule has 0 aliphatic heterocycles. The first-order valence-electron chi connectivity index (χ1n) is 2.42. The number of halogens is 2. The summed E-state index contributed by atoms with van der Waals surface area (Å²) in [5, 5.41) is 0. The van der Waals surface area contributed by atoms with E-state index in [1.54, 1.807) is 6.92 Å². The van der Waals surface area contributed by atoms with Crippen LogP contribution in [-0.4, -0.2) is 0 Å². The zero-order valence-corrected chi connectivity index (χ0v) is 15.1. The van der Waals surface area contributed by atoms with Gasteiger partial charge < -0.3 is 44.1 Å². The molecule has 0 fully saturated rings. The Labute approximate surface area is 132 Å². The van der Waals surface area contributed by atoms with Gasteiger partial charge in [0, 0.05) is 26.2 Å². The maximum atomic E-state index is 3.25. The molecular weight excluding hydrogens is 306 g/mol. The molecule has 0 nitrogen and oxygen atoms in total. The third-order valence-corrected chi connectivity index (χ3v) is 0.586. The van der Waals surface area contributed by atoms with Crippen LogP contribution in [0.1, 0.15) is 13.3 Å². The molecule has 0 aromatic carbocycles. The summed E-state index contributed by atoms with van der Waals surface area (Å²) in [5.41, 5.74) is 0. The molecule has 0 radical (unpaired) electrons. The van der Waals surface area contributed by atoms with E-state index in [-0.39, 0.29) is 88.2 Å². The SMILES string of the molecule is Cl.Cl.[C-]1=CC=CC1.[CH2-]C.[CH3-].[CH3-].[CH3-].[CH3-].[CH3-].[Zr]. The van der Waals surface area contributed by atoms with Gasteiger partial charge in [-0.25, -0.2) is 12.2 Å². The summed E-state index contributed by atoms with van der Waals surface area (Å²) in [6.45, 7) is 5.00. The van der Waals surface area contributed by atoms with Crippen LogP contribution in [0.5, 0.6) is 0 Å². The monoisotopic (exact) mass is 331 g/mol. The van der Waals surface area contributed by atoms with Crippen LogP contribution in [0.15, 0.2) is 18.2 Å². The van der Waals surface area contributed by atoms with E-state index in [0.29, 0.717) is 0 Å². The molecule has 0 N–H and O–H groups in total. The van der Waals surface area contributed by atoms with E-state index >= 15 is 0 Å². The Morgan fingerprint density at radius 2 is 1.27 bits per heavy atom. The number of rotatable bonds is 0. The topological polar surface area (TPSA) is 0 Å². The van der Waals surface area contributed by atoms with Crippen molar-refractivity contribution in [3.63, 3.8) is 0 Å². The molecule has 100 valence electrons. The van der Waals surface area contributed by atoms with Crippen LogP contribution in [0.25, 0.3) is 0 Å². The molecule has 0 aromatic heterocycles. The first-order chi connectivity index (χ1) is 3.50. The number of hydrogen-bond acceptors (Lipinski definition) is 0. The van der Waals surface area contributed by atoms with Gasteiger partial charge in [-0.15, -0.1) is 31.2 Å². The molecule has 0 spiro atoms. The van der Waals surface area contributed by atoms with Gasteiger partial charge in [0.1, 0.15) is 0 Å². The maximum Gasteiger partial charge on any atom is 0 e. The molecule has 0 saturated heterocycles. The summed E-state index contributed by atoms with van der Waals surface area (Å²) in [6, 6.07) is 0. The Hall–Kier alpha value is 0.943. The van der Waals surface area contributed by atoms with Crippen LogP contribution in [0, 0.1) is 50.1 Å². The molecule has 0 bridgehead atoms. The Morgan fingerprint density at radius 3 is 1.33 bits per heavy atom.